The van der Waals surface area contributed by atoms with E-state index < -0.39 is 5.60 Å². The number of amides is 1. The van der Waals surface area contributed by atoms with Gasteiger partial charge in [-0.1, -0.05) is 18.2 Å². The molecule has 0 aromatic heterocycles. The topological polar surface area (TPSA) is 52.6 Å². The van der Waals surface area contributed by atoms with Crippen LogP contribution in [0.5, 0.6) is 0 Å². The molecule has 0 bridgehead atoms. The van der Waals surface area contributed by atoms with Crippen molar-refractivity contribution in [2.75, 3.05) is 27.2 Å². The smallest absolute Gasteiger partial charge is 0.224 e. The lowest BCUT2D eigenvalue weighted by Crippen LogP contribution is -2.47. The van der Waals surface area contributed by atoms with Gasteiger partial charge in [-0.05, 0) is 57.0 Å². The molecule has 1 aliphatic carbocycles. The molecule has 2 N–H and O–H groups in total. The Bertz CT molecular complexity index is 510. The number of hydrogen-bond acceptors (Lipinski definition) is 3. The molecule has 0 saturated carbocycles. The Hall–Kier alpha value is -1.39. The Morgan fingerprint density at radius 2 is 2.05 bits per heavy atom. The molecule has 0 saturated heterocycles. The minimum Gasteiger partial charge on any atom is -0.387 e. The van der Waals surface area contributed by atoms with Gasteiger partial charge in [-0.15, -0.1) is 0 Å². The maximum Gasteiger partial charge on any atom is 0.224 e. The lowest BCUT2D eigenvalue weighted by atomic mass is 10.0. The second-order valence-electron chi connectivity index (χ2n) is 6.64. The van der Waals surface area contributed by atoms with Crippen LogP contribution in [0, 0.1) is 0 Å². The van der Waals surface area contributed by atoms with Crippen LogP contribution in [0.4, 0.5) is 0 Å². The van der Waals surface area contributed by atoms with Crippen LogP contribution in [0.2, 0.25) is 0 Å². The maximum atomic E-state index is 12.0. The Kier molecular flexibility index (Phi) is 5.01. The fourth-order valence-corrected chi connectivity index (χ4v) is 3.01. The van der Waals surface area contributed by atoms with Crippen LogP contribution in [0.1, 0.15) is 30.0 Å². The molecule has 4 nitrogen and oxygen atoms in total. The quantitative estimate of drug-likeness (QED) is 0.826. The van der Waals surface area contributed by atoms with E-state index in [1.54, 1.807) is 6.92 Å². The van der Waals surface area contributed by atoms with Crippen LogP contribution in [0.25, 0.3) is 0 Å². The monoisotopic (exact) mass is 290 g/mol. The van der Waals surface area contributed by atoms with Gasteiger partial charge in [-0.3, -0.25) is 4.79 Å². The summed E-state index contributed by atoms with van der Waals surface area (Å²) in [4.78, 5) is 13.9. The van der Waals surface area contributed by atoms with Crippen molar-refractivity contribution < 1.29 is 9.90 Å². The number of carbonyl (C=O) groups excluding carboxylic acids is 1. The molecule has 0 radical (unpaired) electrons. The van der Waals surface area contributed by atoms with E-state index in [0.29, 0.717) is 13.0 Å². The van der Waals surface area contributed by atoms with E-state index in [2.05, 4.69) is 17.4 Å². The largest absolute Gasteiger partial charge is 0.387 e. The Balaban J connectivity index is 1.85. The van der Waals surface area contributed by atoms with Gasteiger partial charge in [0, 0.05) is 13.1 Å². The molecule has 0 heterocycles. The van der Waals surface area contributed by atoms with E-state index >= 15 is 0 Å². The van der Waals surface area contributed by atoms with Gasteiger partial charge in [0.1, 0.15) is 0 Å². The number of nitrogens with zero attached hydrogens (tertiary/aromatic N) is 1. The maximum absolute atomic E-state index is 12.0. The first-order valence-electron chi connectivity index (χ1n) is 7.60. The van der Waals surface area contributed by atoms with Crippen molar-refractivity contribution in [2.24, 2.45) is 0 Å². The normalized spacial score (nSPS) is 16.6. The van der Waals surface area contributed by atoms with Crippen LogP contribution in [0.3, 0.4) is 0 Å². The van der Waals surface area contributed by atoms with Gasteiger partial charge in [0.05, 0.1) is 12.0 Å². The predicted octanol–water partition coefficient (Wildman–Crippen LogP) is 1.15. The minimum absolute atomic E-state index is 0.0352. The van der Waals surface area contributed by atoms with Crippen LogP contribution in [0.15, 0.2) is 18.2 Å². The summed E-state index contributed by atoms with van der Waals surface area (Å²) in [7, 11) is 3.81. The highest BCUT2D eigenvalue weighted by atomic mass is 16.3. The molecule has 116 valence electrons. The second kappa shape index (κ2) is 6.58. The number of benzene rings is 1. The van der Waals surface area contributed by atoms with E-state index in [1.165, 1.54) is 17.5 Å². The summed E-state index contributed by atoms with van der Waals surface area (Å²) in [6.07, 6.45) is 3.89. The first kappa shape index (κ1) is 16.0. The number of likely N-dealkylation sites (N-methyl/N-ethyl adjacent to an activating group) is 1. The van der Waals surface area contributed by atoms with E-state index in [9.17, 15) is 9.90 Å². The van der Waals surface area contributed by atoms with Crippen molar-refractivity contribution in [3.05, 3.63) is 34.9 Å². The number of hydrogen-bond donors (Lipinski definition) is 2. The van der Waals surface area contributed by atoms with Crippen molar-refractivity contribution in [1.82, 2.24) is 10.2 Å². The molecule has 0 fully saturated rings. The van der Waals surface area contributed by atoms with Crippen LogP contribution in [-0.2, 0) is 24.1 Å². The Morgan fingerprint density at radius 3 is 2.76 bits per heavy atom. The SMILES string of the molecule is CN(C)CC(C)(O)CNC(=O)Cc1ccc2c(c1)CCC2. The number of carbonyl (C=O) groups is 1. The molecular formula is C17H26N2O2. The molecule has 1 aromatic rings. The number of fused-ring (bicyclic) bond motifs is 1. The van der Waals surface area contributed by atoms with Crippen LogP contribution in [-0.4, -0.2) is 48.7 Å². The van der Waals surface area contributed by atoms with Crippen molar-refractivity contribution in [3.8, 4) is 0 Å². The number of nitrogens with one attached hydrogen (secondary N) is 1. The highest BCUT2D eigenvalue weighted by Gasteiger charge is 2.22. The van der Waals surface area contributed by atoms with E-state index in [4.69, 9.17) is 0 Å². The van der Waals surface area contributed by atoms with Crippen molar-refractivity contribution in [3.63, 3.8) is 0 Å². The summed E-state index contributed by atoms with van der Waals surface area (Å²) in [6, 6.07) is 6.34. The van der Waals surface area contributed by atoms with Crippen molar-refractivity contribution >= 4 is 5.91 Å². The third-order valence-corrected chi connectivity index (χ3v) is 3.85. The lowest BCUT2D eigenvalue weighted by molar-refractivity contribution is -0.121. The molecule has 0 spiro atoms. The molecule has 1 aromatic carbocycles. The molecule has 21 heavy (non-hydrogen) atoms. The van der Waals surface area contributed by atoms with Crippen molar-refractivity contribution in [2.45, 2.75) is 38.2 Å². The lowest BCUT2D eigenvalue weighted by Gasteiger charge is -2.27. The third kappa shape index (κ3) is 4.83. The van der Waals surface area contributed by atoms with Gasteiger partial charge in [-0.25, -0.2) is 0 Å². The molecule has 1 atom stereocenters. The fraction of sp³-hybridized carbons (Fsp3) is 0.588. The van der Waals surface area contributed by atoms with Gasteiger partial charge in [0.25, 0.3) is 0 Å². The summed E-state index contributed by atoms with van der Waals surface area (Å²) in [5.74, 6) is -0.0352. The molecule has 1 amide bonds. The van der Waals surface area contributed by atoms with Crippen LogP contribution >= 0.6 is 0 Å². The molecule has 1 aliphatic rings. The van der Waals surface area contributed by atoms with Gasteiger partial charge in [0.2, 0.25) is 5.91 Å². The highest BCUT2D eigenvalue weighted by Crippen LogP contribution is 2.22. The molecule has 2 rings (SSSR count). The van der Waals surface area contributed by atoms with E-state index in [1.807, 2.05) is 25.1 Å². The van der Waals surface area contributed by atoms with E-state index in [0.717, 1.165) is 18.4 Å². The standard InChI is InChI=1S/C17H26N2O2/c1-17(21,12-19(2)3)11-18-16(20)10-13-7-8-14-5-4-6-15(14)9-13/h7-9,21H,4-6,10-12H2,1-3H3,(H,18,20). The average Bonchev–Trinajstić information content (AvgIpc) is 2.82. The number of aliphatic hydroxyl groups is 1. The van der Waals surface area contributed by atoms with Gasteiger partial charge in [0.15, 0.2) is 0 Å². The zero-order chi connectivity index (χ0) is 15.5. The Morgan fingerprint density at radius 1 is 1.33 bits per heavy atom. The first-order chi connectivity index (χ1) is 9.85. The number of rotatable bonds is 6. The van der Waals surface area contributed by atoms with Crippen LogP contribution < -0.4 is 5.32 Å². The summed E-state index contributed by atoms with van der Waals surface area (Å²) < 4.78 is 0. The zero-order valence-corrected chi connectivity index (χ0v) is 13.3. The minimum atomic E-state index is -0.906. The molecule has 1 unspecified atom stereocenters. The zero-order valence-electron chi connectivity index (χ0n) is 13.3. The van der Waals surface area contributed by atoms with Gasteiger partial charge >= 0.3 is 0 Å². The van der Waals surface area contributed by atoms with E-state index in [-0.39, 0.29) is 12.5 Å². The molecule has 4 heteroatoms. The molecule has 0 aliphatic heterocycles. The first-order valence-corrected chi connectivity index (χ1v) is 7.60. The van der Waals surface area contributed by atoms with Gasteiger partial charge < -0.3 is 15.3 Å². The summed E-state index contributed by atoms with van der Waals surface area (Å²) in [5.41, 5.74) is 2.96. The highest BCUT2D eigenvalue weighted by molar-refractivity contribution is 5.78. The van der Waals surface area contributed by atoms with Crippen molar-refractivity contribution in [1.29, 1.82) is 0 Å². The Labute approximate surface area is 127 Å². The number of aryl methyl sites for hydroxylation is 2. The predicted molar refractivity (Wildman–Crippen MR) is 84.4 cm³/mol. The summed E-state index contributed by atoms with van der Waals surface area (Å²) in [6.45, 7) is 2.53. The fourth-order valence-electron chi connectivity index (χ4n) is 3.01. The summed E-state index contributed by atoms with van der Waals surface area (Å²) in [5, 5.41) is 13.0. The van der Waals surface area contributed by atoms with Gasteiger partial charge in [-0.2, -0.15) is 0 Å². The second-order valence-corrected chi connectivity index (χ2v) is 6.64. The summed E-state index contributed by atoms with van der Waals surface area (Å²) >= 11 is 0. The third-order valence-electron chi connectivity index (χ3n) is 3.85. The molecular weight excluding hydrogens is 264 g/mol. The average molecular weight is 290 g/mol.